The predicted octanol–water partition coefficient (Wildman–Crippen LogP) is 0.968. The number of rotatable bonds is 4. The third-order valence-corrected chi connectivity index (χ3v) is 5.32. The summed E-state index contributed by atoms with van der Waals surface area (Å²) in [6, 6.07) is 1.68. The second kappa shape index (κ2) is 8.58. The van der Waals surface area contributed by atoms with Crippen molar-refractivity contribution in [3.8, 4) is 0 Å². The van der Waals surface area contributed by atoms with Crippen LogP contribution in [0.25, 0.3) is 0 Å². The van der Waals surface area contributed by atoms with Crippen LogP contribution < -0.4 is 5.73 Å². The van der Waals surface area contributed by atoms with Crippen LogP contribution >= 0.6 is 0 Å². The van der Waals surface area contributed by atoms with Crippen molar-refractivity contribution in [1.82, 2.24) is 24.7 Å². The molecule has 0 radical (unpaired) electrons. The van der Waals surface area contributed by atoms with E-state index in [1.165, 1.54) is 12.8 Å². The van der Waals surface area contributed by atoms with E-state index in [4.69, 9.17) is 5.73 Å². The quantitative estimate of drug-likeness (QED) is 0.875. The van der Waals surface area contributed by atoms with E-state index in [9.17, 15) is 4.79 Å². The molecule has 0 spiro atoms. The number of amides is 1. The van der Waals surface area contributed by atoms with E-state index in [0.29, 0.717) is 18.3 Å². The van der Waals surface area contributed by atoms with Crippen LogP contribution in [0.3, 0.4) is 0 Å². The van der Waals surface area contributed by atoms with Crippen molar-refractivity contribution in [2.45, 2.75) is 45.2 Å². The van der Waals surface area contributed by atoms with Gasteiger partial charge < -0.3 is 10.6 Å². The van der Waals surface area contributed by atoms with Gasteiger partial charge in [-0.25, -0.2) is 9.97 Å². The lowest BCUT2D eigenvalue weighted by Crippen LogP contribution is -2.54. The van der Waals surface area contributed by atoms with Gasteiger partial charge in [-0.05, 0) is 25.8 Å². The summed E-state index contributed by atoms with van der Waals surface area (Å²) in [5.41, 5.74) is 5.72. The molecule has 0 saturated carbocycles. The normalized spacial score (nSPS) is 21.7. The number of nitrogens with two attached hydrogens (primary N) is 1. The molecule has 1 aromatic heterocycles. The SMILES string of the molecule is CC(C(=O)N1CCCCCC1)N1CCN(Cc2nccc(N)n2)CC1. The van der Waals surface area contributed by atoms with Gasteiger partial charge in [-0.15, -0.1) is 0 Å². The highest BCUT2D eigenvalue weighted by atomic mass is 16.2. The Bertz CT molecular complexity index is 564. The molecule has 1 amide bonds. The molecule has 3 heterocycles. The maximum atomic E-state index is 12.8. The molecule has 0 aromatic carbocycles. The fourth-order valence-corrected chi connectivity index (χ4v) is 3.71. The number of nitrogen functional groups attached to an aromatic ring is 1. The number of hydrogen-bond acceptors (Lipinski definition) is 6. The minimum absolute atomic E-state index is 0.0242. The number of aromatic nitrogens is 2. The van der Waals surface area contributed by atoms with Gasteiger partial charge in [-0.1, -0.05) is 12.8 Å². The van der Waals surface area contributed by atoms with Crippen LogP contribution in [-0.4, -0.2) is 75.9 Å². The van der Waals surface area contributed by atoms with Crippen molar-refractivity contribution < 1.29 is 4.79 Å². The van der Waals surface area contributed by atoms with E-state index in [2.05, 4.69) is 31.6 Å². The van der Waals surface area contributed by atoms with Gasteiger partial charge in [0.15, 0.2) is 0 Å². The Morgan fingerprint density at radius 1 is 1.12 bits per heavy atom. The molecule has 2 aliphatic rings. The fourth-order valence-electron chi connectivity index (χ4n) is 3.71. The van der Waals surface area contributed by atoms with Crippen LogP contribution in [0, 0.1) is 0 Å². The molecule has 7 nitrogen and oxygen atoms in total. The summed E-state index contributed by atoms with van der Waals surface area (Å²) in [5, 5.41) is 0. The summed E-state index contributed by atoms with van der Waals surface area (Å²) in [5.74, 6) is 1.58. The second-order valence-corrected chi connectivity index (χ2v) is 7.13. The molecular formula is C18H30N6O. The van der Waals surface area contributed by atoms with Crippen LogP contribution in [0.15, 0.2) is 12.3 Å². The summed E-state index contributed by atoms with van der Waals surface area (Å²) >= 11 is 0. The molecule has 0 bridgehead atoms. The third-order valence-electron chi connectivity index (χ3n) is 5.32. The number of nitrogens with zero attached hydrogens (tertiary/aromatic N) is 5. The zero-order valence-corrected chi connectivity index (χ0v) is 15.2. The van der Waals surface area contributed by atoms with E-state index >= 15 is 0 Å². The molecule has 2 fully saturated rings. The highest BCUT2D eigenvalue weighted by Gasteiger charge is 2.29. The Labute approximate surface area is 150 Å². The zero-order chi connectivity index (χ0) is 17.6. The van der Waals surface area contributed by atoms with Crippen molar-refractivity contribution in [3.63, 3.8) is 0 Å². The number of anilines is 1. The topological polar surface area (TPSA) is 78.6 Å². The molecule has 2 N–H and O–H groups in total. The highest BCUT2D eigenvalue weighted by molar-refractivity contribution is 5.81. The number of carbonyl (C=O) groups is 1. The minimum atomic E-state index is -0.0242. The highest BCUT2D eigenvalue weighted by Crippen LogP contribution is 2.15. The van der Waals surface area contributed by atoms with Crippen LogP contribution in [0.2, 0.25) is 0 Å². The molecule has 3 rings (SSSR count). The van der Waals surface area contributed by atoms with Crippen molar-refractivity contribution >= 4 is 11.7 Å². The Morgan fingerprint density at radius 3 is 2.44 bits per heavy atom. The first-order chi connectivity index (χ1) is 12.1. The number of hydrogen-bond donors (Lipinski definition) is 1. The molecule has 2 aliphatic heterocycles. The first-order valence-electron chi connectivity index (χ1n) is 9.46. The molecule has 0 aliphatic carbocycles. The minimum Gasteiger partial charge on any atom is -0.384 e. The zero-order valence-electron chi connectivity index (χ0n) is 15.2. The van der Waals surface area contributed by atoms with Crippen molar-refractivity contribution in [2.24, 2.45) is 0 Å². The summed E-state index contributed by atoms with van der Waals surface area (Å²) < 4.78 is 0. The lowest BCUT2D eigenvalue weighted by Gasteiger charge is -2.38. The standard InChI is InChI=1S/C18H30N6O/c1-15(18(25)24-8-4-2-3-5-9-24)23-12-10-22(11-13-23)14-17-20-7-6-16(19)21-17/h6-7,15H,2-5,8-14H2,1H3,(H2,19,20,21). The average molecular weight is 346 g/mol. The maximum absolute atomic E-state index is 12.8. The van der Waals surface area contributed by atoms with E-state index in [1.807, 2.05) is 0 Å². The summed E-state index contributed by atoms with van der Waals surface area (Å²) in [4.78, 5) is 28.1. The smallest absolute Gasteiger partial charge is 0.239 e. The van der Waals surface area contributed by atoms with Gasteiger partial charge in [0.1, 0.15) is 11.6 Å². The lowest BCUT2D eigenvalue weighted by molar-refractivity contribution is -0.137. The second-order valence-electron chi connectivity index (χ2n) is 7.13. The molecule has 138 valence electrons. The Hall–Kier alpha value is -1.73. The van der Waals surface area contributed by atoms with Crippen molar-refractivity contribution in [3.05, 3.63) is 18.1 Å². The van der Waals surface area contributed by atoms with Crippen LogP contribution in [0.5, 0.6) is 0 Å². The number of likely N-dealkylation sites (tertiary alicyclic amines) is 1. The Kier molecular flexibility index (Phi) is 6.20. The molecule has 25 heavy (non-hydrogen) atoms. The summed E-state index contributed by atoms with van der Waals surface area (Å²) in [7, 11) is 0. The first kappa shape index (κ1) is 18.1. The van der Waals surface area contributed by atoms with E-state index in [1.54, 1.807) is 12.3 Å². The Morgan fingerprint density at radius 2 is 1.80 bits per heavy atom. The molecule has 1 atom stereocenters. The van der Waals surface area contributed by atoms with Gasteiger partial charge in [0, 0.05) is 45.5 Å². The first-order valence-corrected chi connectivity index (χ1v) is 9.46. The van der Waals surface area contributed by atoms with Crippen molar-refractivity contribution in [1.29, 1.82) is 0 Å². The lowest BCUT2D eigenvalue weighted by atomic mass is 10.2. The van der Waals surface area contributed by atoms with E-state index in [0.717, 1.165) is 57.9 Å². The summed E-state index contributed by atoms with van der Waals surface area (Å²) in [6.07, 6.45) is 6.50. The van der Waals surface area contributed by atoms with Gasteiger partial charge in [0.2, 0.25) is 5.91 Å². The molecule has 1 unspecified atom stereocenters. The fraction of sp³-hybridized carbons (Fsp3) is 0.722. The largest absolute Gasteiger partial charge is 0.384 e. The van der Waals surface area contributed by atoms with Gasteiger partial charge in [0.05, 0.1) is 12.6 Å². The molecular weight excluding hydrogens is 316 g/mol. The van der Waals surface area contributed by atoms with Crippen LogP contribution in [-0.2, 0) is 11.3 Å². The number of carbonyl (C=O) groups excluding carboxylic acids is 1. The van der Waals surface area contributed by atoms with Crippen LogP contribution in [0.1, 0.15) is 38.4 Å². The average Bonchev–Trinajstić information content (AvgIpc) is 2.90. The van der Waals surface area contributed by atoms with Gasteiger partial charge in [0.25, 0.3) is 0 Å². The third kappa shape index (κ3) is 4.89. The van der Waals surface area contributed by atoms with E-state index in [-0.39, 0.29) is 6.04 Å². The summed E-state index contributed by atoms with van der Waals surface area (Å²) in [6.45, 7) is 8.29. The predicted molar refractivity (Wildman–Crippen MR) is 97.8 cm³/mol. The van der Waals surface area contributed by atoms with Crippen molar-refractivity contribution in [2.75, 3.05) is 45.0 Å². The molecule has 1 aromatic rings. The number of piperazine rings is 1. The van der Waals surface area contributed by atoms with Gasteiger partial charge in [-0.3, -0.25) is 14.6 Å². The van der Waals surface area contributed by atoms with Gasteiger partial charge >= 0.3 is 0 Å². The Balaban J connectivity index is 1.48. The van der Waals surface area contributed by atoms with E-state index < -0.39 is 0 Å². The monoisotopic (exact) mass is 346 g/mol. The molecule has 7 heteroatoms. The van der Waals surface area contributed by atoms with Gasteiger partial charge in [-0.2, -0.15) is 0 Å². The maximum Gasteiger partial charge on any atom is 0.239 e. The molecule has 2 saturated heterocycles. The van der Waals surface area contributed by atoms with Crippen LogP contribution in [0.4, 0.5) is 5.82 Å².